The zero-order valence-electron chi connectivity index (χ0n) is 14.3. The molecule has 0 saturated heterocycles. The first-order valence-corrected chi connectivity index (χ1v) is 7.93. The molecule has 1 atom stereocenters. The van der Waals surface area contributed by atoms with E-state index >= 15 is 0 Å². The number of methoxy groups -OCH3 is 1. The minimum Gasteiger partial charge on any atom is -0.497 e. The van der Waals surface area contributed by atoms with Crippen molar-refractivity contribution in [2.24, 2.45) is 4.99 Å². The van der Waals surface area contributed by atoms with Gasteiger partial charge in [0.05, 0.1) is 12.5 Å². The fourth-order valence-electron chi connectivity index (χ4n) is 2.55. The number of carboxylic acid groups (broad SMARTS) is 1. The standard InChI is InChI=1S/C20H19NO4/c1-12-4-9-18-16(10-12)17(21-13(2)20(22)23)11-19(25-18)14-5-7-15(24-3)8-6-14/h4-11,13H,1-3H3,(H,22,23). The molecular weight excluding hydrogens is 318 g/mol. The van der Waals surface area contributed by atoms with Crippen molar-refractivity contribution >= 4 is 16.9 Å². The molecule has 128 valence electrons. The lowest BCUT2D eigenvalue weighted by Gasteiger charge is -2.07. The van der Waals surface area contributed by atoms with Gasteiger partial charge in [-0.15, -0.1) is 0 Å². The van der Waals surface area contributed by atoms with Crippen LogP contribution in [-0.4, -0.2) is 24.2 Å². The van der Waals surface area contributed by atoms with E-state index in [-0.39, 0.29) is 0 Å². The third-order valence-corrected chi connectivity index (χ3v) is 3.96. The van der Waals surface area contributed by atoms with Gasteiger partial charge < -0.3 is 14.3 Å². The lowest BCUT2D eigenvalue weighted by atomic mass is 10.1. The molecule has 1 aromatic heterocycles. The van der Waals surface area contributed by atoms with Gasteiger partial charge in [-0.2, -0.15) is 0 Å². The summed E-state index contributed by atoms with van der Waals surface area (Å²) >= 11 is 0. The van der Waals surface area contributed by atoms with Crippen LogP contribution in [0.25, 0.3) is 22.3 Å². The van der Waals surface area contributed by atoms with Gasteiger partial charge in [0.15, 0.2) is 0 Å². The molecule has 1 heterocycles. The van der Waals surface area contributed by atoms with Gasteiger partial charge >= 0.3 is 5.97 Å². The number of ether oxygens (including phenoxy) is 1. The number of fused-ring (bicyclic) bond motifs is 1. The molecule has 3 rings (SSSR count). The number of hydrogen-bond donors (Lipinski definition) is 1. The Morgan fingerprint density at radius 2 is 1.88 bits per heavy atom. The highest BCUT2D eigenvalue weighted by Gasteiger charge is 2.11. The molecule has 0 fully saturated rings. The first-order chi connectivity index (χ1) is 12.0. The Kier molecular flexibility index (Phi) is 4.57. The number of nitrogens with zero attached hydrogens (tertiary/aromatic N) is 1. The average molecular weight is 337 g/mol. The van der Waals surface area contributed by atoms with Gasteiger partial charge in [-0.25, -0.2) is 4.79 Å². The summed E-state index contributed by atoms with van der Waals surface area (Å²) in [5.74, 6) is 0.410. The number of carboxylic acids is 1. The zero-order valence-corrected chi connectivity index (χ0v) is 14.3. The minimum absolute atomic E-state index is 0.602. The topological polar surface area (TPSA) is 72.0 Å². The van der Waals surface area contributed by atoms with E-state index in [2.05, 4.69) is 4.99 Å². The fourth-order valence-corrected chi connectivity index (χ4v) is 2.55. The molecule has 0 amide bonds. The molecule has 5 nitrogen and oxygen atoms in total. The molecule has 0 saturated carbocycles. The largest absolute Gasteiger partial charge is 0.497 e. The summed E-state index contributed by atoms with van der Waals surface area (Å²) in [6.07, 6.45) is 0. The van der Waals surface area contributed by atoms with Gasteiger partial charge in [0, 0.05) is 17.0 Å². The fraction of sp³-hybridized carbons (Fsp3) is 0.200. The van der Waals surface area contributed by atoms with Gasteiger partial charge in [0.25, 0.3) is 0 Å². The van der Waals surface area contributed by atoms with Crippen LogP contribution in [0.15, 0.2) is 57.9 Å². The van der Waals surface area contributed by atoms with Gasteiger partial charge in [0.1, 0.15) is 23.1 Å². The Morgan fingerprint density at radius 1 is 1.16 bits per heavy atom. The Balaban J connectivity index is 2.24. The molecule has 2 aromatic carbocycles. The number of aryl methyl sites for hydroxylation is 1. The first-order valence-electron chi connectivity index (χ1n) is 7.93. The van der Waals surface area contributed by atoms with Crippen molar-refractivity contribution in [2.75, 3.05) is 7.11 Å². The van der Waals surface area contributed by atoms with E-state index in [0.717, 1.165) is 22.3 Å². The molecule has 0 radical (unpaired) electrons. The van der Waals surface area contributed by atoms with Crippen LogP contribution in [-0.2, 0) is 4.79 Å². The number of hydrogen-bond acceptors (Lipinski definition) is 4. The monoisotopic (exact) mass is 337 g/mol. The normalized spacial score (nSPS) is 13.0. The van der Waals surface area contributed by atoms with E-state index in [9.17, 15) is 9.90 Å². The van der Waals surface area contributed by atoms with Gasteiger partial charge in [-0.3, -0.25) is 4.99 Å². The maximum Gasteiger partial charge on any atom is 0.328 e. The van der Waals surface area contributed by atoms with Crippen LogP contribution in [0.4, 0.5) is 0 Å². The van der Waals surface area contributed by atoms with Crippen molar-refractivity contribution in [1.29, 1.82) is 0 Å². The molecule has 0 aliphatic rings. The number of rotatable bonds is 4. The second-order valence-corrected chi connectivity index (χ2v) is 5.87. The molecule has 5 heteroatoms. The van der Waals surface area contributed by atoms with E-state index in [0.29, 0.717) is 16.7 Å². The van der Waals surface area contributed by atoms with Crippen molar-refractivity contribution in [2.45, 2.75) is 19.9 Å². The lowest BCUT2D eigenvalue weighted by Crippen LogP contribution is -2.18. The van der Waals surface area contributed by atoms with Crippen molar-refractivity contribution in [3.05, 3.63) is 59.5 Å². The highest BCUT2D eigenvalue weighted by Crippen LogP contribution is 2.24. The van der Waals surface area contributed by atoms with Crippen molar-refractivity contribution in [1.82, 2.24) is 0 Å². The lowest BCUT2D eigenvalue weighted by molar-refractivity contribution is -0.138. The second kappa shape index (κ2) is 6.81. The predicted octanol–water partition coefficient (Wildman–Crippen LogP) is 3.79. The molecule has 1 unspecified atom stereocenters. The number of aliphatic carboxylic acids is 1. The molecular formula is C20H19NO4. The molecule has 0 aliphatic carbocycles. The summed E-state index contributed by atoms with van der Waals surface area (Å²) in [4.78, 5) is 15.6. The Labute approximate surface area is 145 Å². The van der Waals surface area contributed by atoms with Crippen LogP contribution in [0.2, 0.25) is 0 Å². The first kappa shape index (κ1) is 16.8. The van der Waals surface area contributed by atoms with E-state index in [1.807, 2.05) is 49.4 Å². The molecule has 0 aliphatic heterocycles. The molecule has 25 heavy (non-hydrogen) atoms. The highest BCUT2D eigenvalue weighted by molar-refractivity contribution is 5.80. The smallest absolute Gasteiger partial charge is 0.328 e. The minimum atomic E-state index is -0.965. The summed E-state index contributed by atoms with van der Waals surface area (Å²) in [5, 5.41) is 10.6. The van der Waals surface area contributed by atoms with Crippen LogP contribution in [0.5, 0.6) is 5.75 Å². The summed E-state index contributed by atoms with van der Waals surface area (Å²) in [5.41, 5.74) is 2.58. The predicted molar refractivity (Wildman–Crippen MR) is 95.6 cm³/mol. The number of benzene rings is 2. The van der Waals surface area contributed by atoms with Gasteiger partial charge in [0.2, 0.25) is 0 Å². The van der Waals surface area contributed by atoms with Gasteiger partial charge in [-0.1, -0.05) is 11.6 Å². The van der Waals surface area contributed by atoms with Crippen molar-refractivity contribution < 1.29 is 19.1 Å². The summed E-state index contributed by atoms with van der Waals surface area (Å²) < 4.78 is 11.2. The third kappa shape index (κ3) is 3.55. The zero-order chi connectivity index (χ0) is 18.0. The Morgan fingerprint density at radius 3 is 2.52 bits per heavy atom. The maximum atomic E-state index is 11.2. The summed E-state index contributed by atoms with van der Waals surface area (Å²) in [6.45, 7) is 3.53. The molecule has 0 bridgehead atoms. The SMILES string of the molecule is COc1ccc(-c2cc(=NC(C)C(=O)O)c3cc(C)ccc3o2)cc1. The molecule has 3 aromatic rings. The van der Waals surface area contributed by atoms with E-state index in [1.165, 1.54) is 0 Å². The maximum absolute atomic E-state index is 11.2. The highest BCUT2D eigenvalue weighted by atomic mass is 16.5. The molecule has 0 spiro atoms. The average Bonchev–Trinajstić information content (AvgIpc) is 2.61. The van der Waals surface area contributed by atoms with E-state index in [1.54, 1.807) is 20.1 Å². The Hall–Kier alpha value is -3.08. The van der Waals surface area contributed by atoms with Crippen molar-refractivity contribution in [3.63, 3.8) is 0 Å². The third-order valence-electron chi connectivity index (χ3n) is 3.96. The van der Waals surface area contributed by atoms with Crippen LogP contribution >= 0.6 is 0 Å². The van der Waals surface area contributed by atoms with Crippen molar-refractivity contribution in [3.8, 4) is 17.1 Å². The Bertz CT molecular complexity index is 987. The second-order valence-electron chi connectivity index (χ2n) is 5.87. The summed E-state index contributed by atoms with van der Waals surface area (Å²) in [7, 11) is 1.61. The van der Waals surface area contributed by atoms with Crippen LogP contribution < -0.4 is 10.1 Å². The van der Waals surface area contributed by atoms with Crippen LogP contribution in [0.3, 0.4) is 0 Å². The van der Waals surface area contributed by atoms with Crippen LogP contribution in [0, 0.1) is 6.92 Å². The van der Waals surface area contributed by atoms with E-state index in [4.69, 9.17) is 9.15 Å². The molecule has 1 N–H and O–H groups in total. The van der Waals surface area contributed by atoms with E-state index < -0.39 is 12.0 Å². The quantitative estimate of drug-likeness (QED) is 0.786. The van der Waals surface area contributed by atoms with Crippen LogP contribution in [0.1, 0.15) is 12.5 Å². The number of carbonyl (C=O) groups is 1. The van der Waals surface area contributed by atoms with Gasteiger partial charge in [-0.05, 0) is 50.2 Å². The summed E-state index contributed by atoms with van der Waals surface area (Å²) in [6, 6.07) is 14.2.